The molecule has 0 amide bonds. The molecule has 0 radical (unpaired) electrons. The molecule has 5 nitrogen and oxygen atoms in total. The van der Waals surface area contributed by atoms with Gasteiger partial charge in [-0.3, -0.25) is 0 Å². The Morgan fingerprint density at radius 3 is 3.00 bits per heavy atom. The van der Waals surface area contributed by atoms with Crippen molar-refractivity contribution in [3.63, 3.8) is 0 Å². The topological polar surface area (TPSA) is 55.1 Å². The van der Waals surface area contributed by atoms with E-state index in [-0.39, 0.29) is 6.04 Å². The highest BCUT2D eigenvalue weighted by Gasteiger charge is 2.11. The number of nitrogens with one attached hydrogen (secondary N) is 1. The van der Waals surface area contributed by atoms with Crippen molar-refractivity contribution in [2.45, 2.75) is 19.9 Å². The summed E-state index contributed by atoms with van der Waals surface area (Å²) in [6.45, 7) is 4.06. The summed E-state index contributed by atoms with van der Waals surface area (Å²) in [5.41, 5.74) is 1.92. The molecule has 1 atom stereocenters. The van der Waals surface area contributed by atoms with Crippen LogP contribution in [0.3, 0.4) is 0 Å². The summed E-state index contributed by atoms with van der Waals surface area (Å²) in [5.74, 6) is 0.631. The molecular weight excluding hydrogens is 246 g/mol. The molecule has 0 aliphatic rings. The normalized spacial score (nSPS) is 12.8. The van der Waals surface area contributed by atoms with Crippen molar-refractivity contribution in [3.8, 4) is 0 Å². The number of anilines is 1. The highest BCUT2D eigenvalue weighted by atomic mass is 32.1. The highest BCUT2D eigenvalue weighted by Crippen LogP contribution is 2.19. The number of pyridine rings is 1. The maximum atomic E-state index is 4.44. The van der Waals surface area contributed by atoms with Crippen LogP contribution >= 0.6 is 11.3 Å². The summed E-state index contributed by atoms with van der Waals surface area (Å²) < 4.78 is 1.83. The van der Waals surface area contributed by atoms with Crippen molar-refractivity contribution in [3.05, 3.63) is 40.5 Å². The van der Waals surface area contributed by atoms with E-state index in [9.17, 15) is 0 Å². The zero-order valence-corrected chi connectivity index (χ0v) is 11.0. The first kappa shape index (κ1) is 11.2. The maximum absolute atomic E-state index is 4.44. The van der Waals surface area contributed by atoms with Crippen LogP contribution in [0.1, 0.15) is 23.7 Å². The molecular formula is C12H13N5S. The maximum Gasteiger partial charge on any atom is 0.243 e. The monoisotopic (exact) mass is 259 g/mol. The van der Waals surface area contributed by atoms with Crippen LogP contribution in [0.25, 0.3) is 5.65 Å². The molecule has 92 valence electrons. The largest absolute Gasteiger partial charge is 0.344 e. The molecule has 1 unspecified atom stereocenters. The molecule has 1 N–H and O–H groups in total. The fraction of sp³-hybridized carbons (Fsp3) is 0.250. The first-order valence-corrected chi connectivity index (χ1v) is 6.60. The molecule has 3 aromatic rings. The minimum Gasteiger partial charge on any atom is -0.344 e. The second-order valence-electron chi connectivity index (χ2n) is 4.11. The lowest BCUT2D eigenvalue weighted by atomic mass is 10.4. The third kappa shape index (κ3) is 1.95. The summed E-state index contributed by atoms with van der Waals surface area (Å²) in [6.07, 6.45) is 1.80. The van der Waals surface area contributed by atoms with Gasteiger partial charge in [-0.1, -0.05) is 6.07 Å². The van der Waals surface area contributed by atoms with Gasteiger partial charge in [-0.25, -0.2) is 9.50 Å². The zero-order chi connectivity index (χ0) is 12.5. The van der Waals surface area contributed by atoms with E-state index in [0.29, 0.717) is 5.95 Å². The van der Waals surface area contributed by atoms with Gasteiger partial charge in [0.25, 0.3) is 0 Å². The third-order valence-corrected chi connectivity index (χ3v) is 3.67. The number of aryl methyl sites for hydroxylation is 1. The lowest BCUT2D eigenvalue weighted by Gasteiger charge is -2.07. The van der Waals surface area contributed by atoms with Gasteiger partial charge in [0.05, 0.1) is 6.04 Å². The van der Waals surface area contributed by atoms with Gasteiger partial charge in [0.2, 0.25) is 5.95 Å². The summed E-state index contributed by atoms with van der Waals surface area (Å²) in [6, 6.07) is 6.05. The Bertz CT molecular complexity index is 658. The molecule has 18 heavy (non-hydrogen) atoms. The molecule has 3 aromatic heterocycles. The fourth-order valence-corrected chi connectivity index (χ4v) is 2.45. The van der Waals surface area contributed by atoms with Gasteiger partial charge in [-0.15, -0.1) is 16.4 Å². The van der Waals surface area contributed by atoms with E-state index >= 15 is 0 Å². The van der Waals surface area contributed by atoms with Crippen molar-refractivity contribution in [2.24, 2.45) is 0 Å². The third-order valence-electron chi connectivity index (χ3n) is 2.72. The predicted octanol–water partition coefficient (Wildman–Crippen LogP) is 2.67. The average Bonchev–Trinajstić information content (AvgIpc) is 2.97. The van der Waals surface area contributed by atoms with Crippen LogP contribution in [-0.2, 0) is 0 Å². The van der Waals surface area contributed by atoms with Crippen LogP contribution in [-0.4, -0.2) is 19.6 Å². The van der Waals surface area contributed by atoms with Crippen molar-refractivity contribution >= 4 is 22.9 Å². The molecule has 0 aliphatic carbocycles. The number of aromatic nitrogens is 4. The van der Waals surface area contributed by atoms with Crippen molar-refractivity contribution in [2.75, 3.05) is 5.32 Å². The summed E-state index contributed by atoms with van der Waals surface area (Å²) in [7, 11) is 0. The number of rotatable bonds is 3. The predicted molar refractivity (Wildman–Crippen MR) is 71.9 cm³/mol. The minimum absolute atomic E-state index is 0.114. The van der Waals surface area contributed by atoms with Gasteiger partial charge >= 0.3 is 0 Å². The second-order valence-corrected chi connectivity index (χ2v) is 5.04. The molecule has 3 rings (SSSR count). The Hall–Kier alpha value is -1.95. The van der Waals surface area contributed by atoms with Crippen molar-refractivity contribution in [1.29, 1.82) is 0 Å². The average molecular weight is 259 g/mol. The molecule has 0 spiro atoms. The van der Waals surface area contributed by atoms with E-state index in [0.717, 1.165) is 16.3 Å². The summed E-state index contributed by atoms with van der Waals surface area (Å²) in [5, 5.41) is 10.7. The van der Waals surface area contributed by atoms with Crippen molar-refractivity contribution < 1.29 is 0 Å². The van der Waals surface area contributed by atoms with Crippen LogP contribution in [0.4, 0.5) is 5.95 Å². The Morgan fingerprint density at radius 2 is 2.28 bits per heavy atom. The lowest BCUT2D eigenvalue weighted by molar-refractivity contribution is 0.836. The van der Waals surface area contributed by atoms with Crippen LogP contribution in [0.5, 0.6) is 0 Å². The number of hydrogen-bond acceptors (Lipinski definition) is 5. The van der Waals surface area contributed by atoms with Crippen LogP contribution in [0, 0.1) is 6.92 Å². The smallest absolute Gasteiger partial charge is 0.243 e. The van der Waals surface area contributed by atoms with E-state index in [2.05, 4.69) is 27.3 Å². The van der Waals surface area contributed by atoms with E-state index in [1.54, 1.807) is 17.5 Å². The van der Waals surface area contributed by atoms with E-state index in [1.165, 1.54) is 0 Å². The Morgan fingerprint density at radius 1 is 1.39 bits per heavy atom. The molecule has 0 bridgehead atoms. The Balaban J connectivity index is 1.89. The van der Waals surface area contributed by atoms with Gasteiger partial charge in [0.15, 0.2) is 5.65 Å². The SMILES string of the molecule is Cc1cccc2nc(NC(C)c3nccs3)nn12. The molecule has 0 aromatic carbocycles. The summed E-state index contributed by atoms with van der Waals surface area (Å²) >= 11 is 1.62. The molecule has 0 saturated carbocycles. The van der Waals surface area contributed by atoms with Crippen LogP contribution < -0.4 is 5.32 Å². The van der Waals surface area contributed by atoms with Crippen LogP contribution in [0.2, 0.25) is 0 Å². The van der Waals surface area contributed by atoms with E-state index in [1.807, 2.05) is 35.0 Å². The first-order chi connectivity index (χ1) is 8.74. The molecule has 0 fully saturated rings. The number of hydrogen-bond donors (Lipinski definition) is 1. The fourth-order valence-electron chi connectivity index (χ4n) is 1.80. The first-order valence-electron chi connectivity index (χ1n) is 5.72. The quantitative estimate of drug-likeness (QED) is 0.785. The standard InChI is InChI=1S/C12H13N5S/c1-8-4-3-5-10-15-12(16-17(8)10)14-9(2)11-13-6-7-18-11/h3-7,9H,1-2H3,(H,14,16). The Labute approximate surface area is 109 Å². The van der Waals surface area contributed by atoms with E-state index in [4.69, 9.17) is 0 Å². The van der Waals surface area contributed by atoms with Crippen molar-refractivity contribution in [1.82, 2.24) is 19.6 Å². The summed E-state index contributed by atoms with van der Waals surface area (Å²) in [4.78, 5) is 8.72. The number of fused-ring (bicyclic) bond motifs is 1. The van der Waals surface area contributed by atoms with Gasteiger partial charge in [-0.2, -0.15) is 4.98 Å². The Kier molecular flexibility index (Phi) is 2.71. The van der Waals surface area contributed by atoms with Crippen LogP contribution in [0.15, 0.2) is 29.8 Å². The van der Waals surface area contributed by atoms with E-state index < -0.39 is 0 Å². The second kappa shape index (κ2) is 4.38. The highest BCUT2D eigenvalue weighted by molar-refractivity contribution is 7.09. The van der Waals surface area contributed by atoms with Gasteiger partial charge in [0.1, 0.15) is 5.01 Å². The van der Waals surface area contributed by atoms with Gasteiger partial charge in [0, 0.05) is 17.3 Å². The van der Waals surface area contributed by atoms with Gasteiger partial charge < -0.3 is 5.32 Å². The van der Waals surface area contributed by atoms with Gasteiger partial charge in [-0.05, 0) is 26.0 Å². The number of nitrogens with zero attached hydrogens (tertiary/aromatic N) is 4. The lowest BCUT2D eigenvalue weighted by Crippen LogP contribution is -2.07. The molecule has 0 saturated heterocycles. The molecule has 0 aliphatic heterocycles. The molecule has 6 heteroatoms. The number of thiazole rings is 1. The minimum atomic E-state index is 0.114. The molecule has 3 heterocycles. The zero-order valence-electron chi connectivity index (χ0n) is 10.2.